The minimum absolute atomic E-state index is 0.424. The average Bonchev–Trinajstić information content (AvgIpc) is 2.53. The Morgan fingerprint density at radius 1 is 0.750 bits per heavy atom. The van der Waals surface area contributed by atoms with Crippen LogP contribution in [0.5, 0.6) is 0 Å². The van der Waals surface area contributed by atoms with Gasteiger partial charge in [0.05, 0.1) is 0 Å². The summed E-state index contributed by atoms with van der Waals surface area (Å²) in [7, 11) is 0. The van der Waals surface area contributed by atoms with Crippen LogP contribution < -0.4 is 5.32 Å². The van der Waals surface area contributed by atoms with Gasteiger partial charge in [-0.05, 0) is 24.0 Å². The van der Waals surface area contributed by atoms with Crippen molar-refractivity contribution in [2.45, 2.75) is 45.2 Å². The molecule has 1 nitrogen and oxygen atoms in total. The van der Waals surface area contributed by atoms with E-state index in [-0.39, 0.29) is 0 Å². The summed E-state index contributed by atoms with van der Waals surface area (Å²) >= 11 is 0. The second-order valence-corrected chi connectivity index (χ2v) is 5.29. The summed E-state index contributed by atoms with van der Waals surface area (Å²) in [6.45, 7) is 4.50. The molecule has 1 heteroatoms. The lowest BCUT2D eigenvalue weighted by Gasteiger charge is -2.25. The second-order valence-electron chi connectivity index (χ2n) is 5.29. The third-order valence-electron chi connectivity index (χ3n) is 3.79. The summed E-state index contributed by atoms with van der Waals surface area (Å²) in [6.07, 6.45) is 3.47. The molecule has 2 aromatic rings. The monoisotopic (exact) mass is 267 g/mol. The van der Waals surface area contributed by atoms with Crippen molar-refractivity contribution in [2.24, 2.45) is 0 Å². The lowest BCUT2D eigenvalue weighted by Crippen LogP contribution is -2.26. The fraction of sp³-hybridized carbons (Fsp3) is 0.368. The Morgan fingerprint density at radius 2 is 1.25 bits per heavy atom. The zero-order chi connectivity index (χ0) is 14.2. The van der Waals surface area contributed by atoms with Gasteiger partial charge in [0.1, 0.15) is 0 Å². The van der Waals surface area contributed by atoms with Crippen LogP contribution in [0, 0.1) is 0 Å². The van der Waals surface area contributed by atoms with Gasteiger partial charge in [-0.15, -0.1) is 0 Å². The first-order valence-electron chi connectivity index (χ1n) is 7.71. The summed E-state index contributed by atoms with van der Waals surface area (Å²) in [5, 5.41) is 3.84. The number of nitrogens with one attached hydrogen (secondary N) is 1. The van der Waals surface area contributed by atoms with E-state index in [1.165, 1.54) is 24.0 Å². The smallest absolute Gasteiger partial charge is 0.0325 e. The quantitative estimate of drug-likeness (QED) is 0.720. The number of hydrogen-bond donors (Lipinski definition) is 1. The van der Waals surface area contributed by atoms with Crippen LogP contribution in [0.1, 0.15) is 56.3 Å². The minimum Gasteiger partial charge on any atom is -0.303 e. The molecule has 0 saturated heterocycles. The Hall–Kier alpha value is -1.60. The molecule has 0 aliphatic rings. The first-order chi connectivity index (χ1) is 9.85. The molecule has 0 aliphatic carbocycles. The maximum Gasteiger partial charge on any atom is 0.0325 e. The van der Waals surface area contributed by atoms with E-state index in [0.29, 0.717) is 12.1 Å². The average molecular weight is 267 g/mol. The summed E-state index contributed by atoms with van der Waals surface area (Å²) in [5.74, 6) is 0. The van der Waals surface area contributed by atoms with E-state index in [2.05, 4.69) is 79.8 Å². The van der Waals surface area contributed by atoms with Crippen LogP contribution in [0.4, 0.5) is 0 Å². The fourth-order valence-electron chi connectivity index (χ4n) is 2.70. The van der Waals surface area contributed by atoms with Gasteiger partial charge in [0.25, 0.3) is 0 Å². The zero-order valence-corrected chi connectivity index (χ0v) is 12.5. The predicted molar refractivity (Wildman–Crippen MR) is 86.7 cm³/mol. The highest BCUT2D eigenvalue weighted by atomic mass is 14.9. The third-order valence-corrected chi connectivity index (χ3v) is 3.79. The molecule has 1 N–H and O–H groups in total. The standard InChI is InChI=1S/C19H25N/c1-3-11-19(17-14-9-6-10-15-17)20-18(4-2)16-12-7-5-8-13-16/h5-10,12-15,18-20H,3-4,11H2,1-2H3. The molecule has 0 bridgehead atoms. The van der Waals surface area contributed by atoms with Crippen LogP contribution in [-0.2, 0) is 0 Å². The first-order valence-corrected chi connectivity index (χ1v) is 7.71. The van der Waals surface area contributed by atoms with E-state index in [0.717, 1.165) is 6.42 Å². The molecule has 0 fully saturated rings. The summed E-state index contributed by atoms with van der Waals surface area (Å²) < 4.78 is 0. The van der Waals surface area contributed by atoms with E-state index >= 15 is 0 Å². The number of rotatable bonds is 7. The van der Waals surface area contributed by atoms with E-state index in [1.807, 2.05) is 0 Å². The lowest BCUT2D eigenvalue weighted by molar-refractivity contribution is 0.413. The van der Waals surface area contributed by atoms with Gasteiger partial charge in [-0.25, -0.2) is 0 Å². The van der Waals surface area contributed by atoms with Crippen LogP contribution in [0.25, 0.3) is 0 Å². The molecule has 0 amide bonds. The van der Waals surface area contributed by atoms with E-state index in [1.54, 1.807) is 0 Å². The molecule has 2 atom stereocenters. The van der Waals surface area contributed by atoms with Crippen molar-refractivity contribution in [3.8, 4) is 0 Å². The Bertz CT molecular complexity index is 478. The highest BCUT2D eigenvalue weighted by Crippen LogP contribution is 2.25. The summed E-state index contributed by atoms with van der Waals surface area (Å²) in [4.78, 5) is 0. The zero-order valence-electron chi connectivity index (χ0n) is 12.5. The van der Waals surface area contributed by atoms with E-state index in [4.69, 9.17) is 0 Å². The Balaban J connectivity index is 2.14. The SMILES string of the molecule is CCCC(NC(CC)c1ccccc1)c1ccccc1. The molecule has 2 unspecified atom stereocenters. The molecule has 0 saturated carbocycles. The number of hydrogen-bond acceptors (Lipinski definition) is 1. The molecule has 20 heavy (non-hydrogen) atoms. The molecular formula is C19H25N. The fourth-order valence-corrected chi connectivity index (χ4v) is 2.70. The van der Waals surface area contributed by atoms with Crippen molar-refractivity contribution in [1.29, 1.82) is 0 Å². The Labute approximate surface area is 123 Å². The van der Waals surface area contributed by atoms with Gasteiger partial charge in [0.15, 0.2) is 0 Å². The van der Waals surface area contributed by atoms with Gasteiger partial charge in [-0.2, -0.15) is 0 Å². The first kappa shape index (κ1) is 14.8. The summed E-state index contributed by atoms with van der Waals surface area (Å²) in [6, 6.07) is 22.4. The molecule has 2 rings (SSSR count). The molecular weight excluding hydrogens is 242 g/mol. The molecule has 0 heterocycles. The van der Waals surface area contributed by atoms with E-state index < -0.39 is 0 Å². The molecule has 106 valence electrons. The molecule has 0 aromatic heterocycles. The molecule has 0 radical (unpaired) electrons. The second kappa shape index (κ2) is 7.86. The lowest BCUT2D eigenvalue weighted by atomic mass is 9.98. The highest BCUT2D eigenvalue weighted by Gasteiger charge is 2.16. The van der Waals surface area contributed by atoms with E-state index in [9.17, 15) is 0 Å². The molecule has 2 aromatic carbocycles. The van der Waals surface area contributed by atoms with Gasteiger partial charge >= 0.3 is 0 Å². The van der Waals surface area contributed by atoms with Gasteiger partial charge in [-0.3, -0.25) is 0 Å². The minimum atomic E-state index is 0.424. The van der Waals surface area contributed by atoms with Crippen molar-refractivity contribution in [1.82, 2.24) is 5.32 Å². The van der Waals surface area contributed by atoms with Crippen LogP contribution in [0.3, 0.4) is 0 Å². The predicted octanol–water partition coefficient (Wildman–Crippen LogP) is 5.27. The van der Waals surface area contributed by atoms with Gasteiger partial charge in [0, 0.05) is 12.1 Å². The highest BCUT2D eigenvalue weighted by molar-refractivity contribution is 5.22. The maximum atomic E-state index is 3.84. The largest absolute Gasteiger partial charge is 0.303 e. The Morgan fingerprint density at radius 3 is 1.70 bits per heavy atom. The molecule has 0 aliphatic heterocycles. The maximum absolute atomic E-state index is 3.84. The topological polar surface area (TPSA) is 12.0 Å². The van der Waals surface area contributed by atoms with Crippen molar-refractivity contribution >= 4 is 0 Å². The van der Waals surface area contributed by atoms with Gasteiger partial charge in [0.2, 0.25) is 0 Å². The van der Waals surface area contributed by atoms with Crippen LogP contribution >= 0.6 is 0 Å². The summed E-state index contributed by atoms with van der Waals surface area (Å²) in [5.41, 5.74) is 2.77. The van der Waals surface area contributed by atoms with Crippen LogP contribution in [0.2, 0.25) is 0 Å². The van der Waals surface area contributed by atoms with Crippen molar-refractivity contribution in [2.75, 3.05) is 0 Å². The van der Waals surface area contributed by atoms with Crippen LogP contribution in [-0.4, -0.2) is 0 Å². The molecule has 0 spiro atoms. The van der Waals surface area contributed by atoms with Crippen molar-refractivity contribution < 1.29 is 0 Å². The van der Waals surface area contributed by atoms with Crippen LogP contribution in [0.15, 0.2) is 60.7 Å². The van der Waals surface area contributed by atoms with Gasteiger partial charge < -0.3 is 5.32 Å². The van der Waals surface area contributed by atoms with Crippen molar-refractivity contribution in [3.05, 3.63) is 71.8 Å². The van der Waals surface area contributed by atoms with Gasteiger partial charge in [-0.1, -0.05) is 80.9 Å². The normalized spacial score (nSPS) is 13.9. The van der Waals surface area contributed by atoms with Crippen molar-refractivity contribution in [3.63, 3.8) is 0 Å². The number of benzene rings is 2. The Kier molecular flexibility index (Phi) is 5.82. The third kappa shape index (κ3) is 3.94.